The molecule has 0 spiro atoms. The molecule has 0 saturated carbocycles. The summed E-state index contributed by atoms with van der Waals surface area (Å²) in [7, 11) is 3.09. The number of benzene rings is 1. The molecule has 0 aromatic heterocycles. The number of nitrogens with zero attached hydrogens (tertiary/aromatic N) is 3. The number of urea groups is 1. The van der Waals surface area contributed by atoms with Gasteiger partial charge in [0.2, 0.25) is 5.91 Å². The Bertz CT molecular complexity index is 794. The number of ether oxygens (including phenoxy) is 3. The van der Waals surface area contributed by atoms with Gasteiger partial charge in [0.1, 0.15) is 0 Å². The SMILES string of the molecule is CCOC(=O)N1CCN(C(=O)N[C@@H]2CC(=O)N(c3ccc(OC)c(OC)c3)C2)CC1. The van der Waals surface area contributed by atoms with Crippen LogP contribution in [0.1, 0.15) is 13.3 Å². The number of hydrogen-bond acceptors (Lipinski definition) is 6. The summed E-state index contributed by atoms with van der Waals surface area (Å²) >= 11 is 0. The van der Waals surface area contributed by atoms with Crippen LogP contribution in [-0.2, 0) is 9.53 Å². The van der Waals surface area contributed by atoms with E-state index in [1.165, 1.54) is 7.11 Å². The minimum Gasteiger partial charge on any atom is -0.493 e. The molecule has 2 fully saturated rings. The predicted molar refractivity (Wildman–Crippen MR) is 109 cm³/mol. The molecular weight excluding hydrogens is 392 g/mol. The van der Waals surface area contributed by atoms with Crippen molar-refractivity contribution in [3.63, 3.8) is 0 Å². The molecule has 1 aromatic rings. The lowest BCUT2D eigenvalue weighted by atomic mass is 10.2. The Hall–Kier alpha value is -3.17. The summed E-state index contributed by atoms with van der Waals surface area (Å²) < 4.78 is 15.5. The summed E-state index contributed by atoms with van der Waals surface area (Å²) in [6.45, 7) is 4.15. The normalized spacial score (nSPS) is 19.0. The van der Waals surface area contributed by atoms with Crippen molar-refractivity contribution in [2.45, 2.75) is 19.4 Å². The van der Waals surface area contributed by atoms with Crippen LogP contribution in [0.5, 0.6) is 11.5 Å². The van der Waals surface area contributed by atoms with E-state index in [2.05, 4.69) is 5.32 Å². The zero-order valence-corrected chi connectivity index (χ0v) is 17.6. The summed E-state index contributed by atoms with van der Waals surface area (Å²) in [6, 6.07) is 4.76. The molecule has 3 rings (SSSR count). The molecule has 1 aromatic carbocycles. The number of anilines is 1. The lowest BCUT2D eigenvalue weighted by molar-refractivity contribution is -0.117. The summed E-state index contributed by atoms with van der Waals surface area (Å²) in [5, 5.41) is 2.93. The highest BCUT2D eigenvalue weighted by Crippen LogP contribution is 2.33. The molecule has 0 unspecified atom stereocenters. The third kappa shape index (κ3) is 4.69. The van der Waals surface area contributed by atoms with E-state index in [0.717, 1.165) is 0 Å². The van der Waals surface area contributed by atoms with E-state index in [-0.39, 0.29) is 30.5 Å². The van der Waals surface area contributed by atoms with E-state index in [1.807, 2.05) is 0 Å². The molecular formula is C20H28N4O6. The molecule has 1 N–H and O–H groups in total. The largest absolute Gasteiger partial charge is 0.493 e. The molecule has 2 aliphatic rings. The van der Waals surface area contributed by atoms with Crippen LogP contribution in [0.3, 0.4) is 0 Å². The van der Waals surface area contributed by atoms with Crippen molar-refractivity contribution >= 4 is 23.7 Å². The molecule has 2 aliphatic heterocycles. The van der Waals surface area contributed by atoms with Gasteiger partial charge in [0.25, 0.3) is 0 Å². The third-order valence-electron chi connectivity index (χ3n) is 5.22. The lowest BCUT2D eigenvalue weighted by Gasteiger charge is -2.34. The minimum atomic E-state index is -0.357. The van der Waals surface area contributed by atoms with Crippen LogP contribution in [0.4, 0.5) is 15.3 Å². The average Bonchev–Trinajstić information content (AvgIpc) is 3.13. The zero-order valence-electron chi connectivity index (χ0n) is 17.6. The van der Waals surface area contributed by atoms with Gasteiger partial charge in [0, 0.05) is 50.9 Å². The second-order valence-corrected chi connectivity index (χ2v) is 7.07. The van der Waals surface area contributed by atoms with Crippen molar-refractivity contribution in [2.75, 3.05) is 58.5 Å². The van der Waals surface area contributed by atoms with E-state index < -0.39 is 0 Å². The minimum absolute atomic E-state index is 0.0698. The number of rotatable bonds is 5. The van der Waals surface area contributed by atoms with Gasteiger partial charge >= 0.3 is 12.1 Å². The van der Waals surface area contributed by atoms with Crippen molar-refractivity contribution in [1.29, 1.82) is 0 Å². The van der Waals surface area contributed by atoms with Crippen LogP contribution in [0.25, 0.3) is 0 Å². The molecule has 2 saturated heterocycles. The molecule has 0 bridgehead atoms. The zero-order chi connectivity index (χ0) is 21.7. The number of amides is 4. The second-order valence-electron chi connectivity index (χ2n) is 7.07. The first kappa shape index (κ1) is 21.5. The molecule has 10 heteroatoms. The molecule has 0 aliphatic carbocycles. The maximum absolute atomic E-state index is 12.6. The Morgan fingerprint density at radius 2 is 1.73 bits per heavy atom. The van der Waals surface area contributed by atoms with Crippen molar-refractivity contribution in [2.24, 2.45) is 0 Å². The highest BCUT2D eigenvalue weighted by atomic mass is 16.6. The van der Waals surface area contributed by atoms with Gasteiger partial charge in [-0.3, -0.25) is 4.79 Å². The fourth-order valence-corrected chi connectivity index (χ4v) is 3.62. The van der Waals surface area contributed by atoms with E-state index in [9.17, 15) is 14.4 Å². The summed E-state index contributed by atoms with van der Waals surface area (Å²) in [5.41, 5.74) is 0.692. The van der Waals surface area contributed by atoms with Crippen molar-refractivity contribution in [3.05, 3.63) is 18.2 Å². The van der Waals surface area contributed by atoms with Crippen molar-refractivity contribution in [1.82, 2.24) is 15.1 Å². The van der Waals surface area contributed by atoms with Crippen molar-refractivity contribution in [3.8, 4) is 11.5 Å². The van der Waals surface area contributed by atoms with Gasteiger partial charge in [-0.25, -0.2) is 9.59 Å². The fourth-order valence-electron chi connectivity index (χ4n) is 3.62. The standard InChI is InChI=1S/C20H28N4O6/c1-4-30-20(27)23-9-7-22(8-10-23)19(26)21-14-11-18(25)24(13-14)15-5-6-16(28-2)17(12-15)29-3/h5-6,12,14H,4,7-11,13H2,1-3H3,(H,21,26)/t14-/m1/s1. The van der Waals surface area contributed by atoms with E-state index in [4.69, 9.17) is 14.2 Å². The van der Waals surface area contributed by atoms with Gasteiger partial charge in [-0.05, 0) is 19.1 Å². The first-order chi connectivity index (χ1) is 14.5. The highest BCUT2D eigenvalue weighted by molar-refractivity contribution is 5.97. The second kappa shape index (κ2) is 9.55. The molecule has 0 radical (unpaired) electrons. The monoisotopic (exact) mass is 420 g/mol. The van der Waals surface area contributed by atoms with Crippen LogP contribution in [0, 0.1) is 0 Å². The highest BCUT2D eigenvalue weighted by Gasteiger charge is 2.34. The number of carbonyl (C=O) groups excluding carboxylic acids is 3. The molecule has 2 heterocycles. The van der Waals surface area contributed by atoms with Gasteiger partial charge in [-0.2, -0.15) is 0 Å². The van der Waals surface area contributed by atoms with Gasteiger partial charge < -0.3 is 34.2 Å². The van der Waals surface area contributed by atoms with Crippen LogP contribution >= 0.6 is 0 Å². The number of piperazine rings is 1. The van der Waals surface area contributed by atoms with E-state index in [1.54, 1.807) is 46.9 Å². The van der Waals surface area contributed by atoms with Crippen LogP contribution in [0.2, 0.25) is 0 Å². The molecule has 164 valence electrons. The first-order valence-corrected chi connectivity index (χ1v) is 9.96. The number of nitrogens with one attached hydrogen (secondary N) is 1. The van der Waals surface area contributed by atoms with E-state index in [0.29, 0.717) is 56.5 Å². The Balaban J connectivity index is 1.55. The topological polar surface area (TPSA) is 101 Å². The summed E-state index contributed by atoms with van der Waals surface area (Å²) in [5.74, 6) is 1.05. The lowest BCUT2D eigenvalue weighted by Crippen LogP contribution is -2.54. The fraction of sp³-hybridized carbons (Fsp3) is 0.550. The van der Waals surface area contributed by atoms with Gasteiger partial charge in [-0.1, -0.05) is 0 Å². The molecule has 1 atom stereocenters. The molecule has 4 amide bonds. The summed E-state index contributed by atoms with van der Waals surface area (Å²) in [6.07, 6.45) is -0.132. The van der Waals surface area contributed by atoms with Gasteiger partial charge in [-0.15, -0.1) is 0 Å². The quantitative estimate of drug-likeness (QED) is 0.771. The number of hydrogen-bond donors (Lipinski definition) is 1. The van der Waals surface area contributed by atoms with E-state index >= 15 is 0 Å². The number of carbonyl (C=O) groups is 3. The van der Waals surface area contributed by atoms with Gasteiger partial charge in [0.05, 0.1) is 26.9 Å². The van der Waals surface area contributed by atoms with Crippen LogP contribution in [-0.4, -0.2) is 87.4 Å². The van der Waals surface area contributed by atoms with Crippen molar-refractivity contribution < 1.29 is 28.6 Å². The van der Waals surface area contributed by atoms with Crippen LogP contribution < -0.4 is 19.7 Å². The Morgan fingerprint density at radius 1 is 1.07 bits per heavy atom. The molecule has 10 nitrogen and oxygen atoms in total. The smallest absolute Gasteiger partial charge is 0.409 e. The maximum Gasteiger partial charge on any atom is 0.409 e. The van der Waals surface area contributed by atoms with Gasteiger partial charge in [0.15, 0.2) is 11.5 Å². The average molecular weight is 420 g/mol. The maximum atomic E-state index is 12.6. The molecule has 30 heavy (non-hydrogen) atoms. The summed E-state index contributed by atoms with van der Waals surface area (Å²) in [4.78, 5) is 41.8. The number of methoxy groups -OCH3 is 2. The Kier molecular flexibility index (Phi) is 6.86. The Morgan fingerprint density at radius 3 is 2.37 bits per heavy atom. The Labute approximate surface area is 175 Å². The van der Waals surface area contributed by atoms with Crippen LogP contribution in [0.15, 0.2) is 18.2 Å². The predicted octanol–water partition coefficient (Wildman–Crippen LogP) is 1.29. The first-order valence-electron chi connectivity index (χ1n) is 9.96. The third-order valence-corrected chi connectivity index (χ3v) is 5.22.